The number of likely N-dealkylation sites (tertiary alicyclic amines) is 1. The second-order valence-corrected chi connectivity index (χ2v) is 5.54. The molecule has 3 nitrogen and oxygen atoms in total. The summed E-state index contributed by atoms with van der Waals surface area (Å²) in [6.07, 6.45) is 1.74. The van der Waals surface area contributed by atoms with Gasteiger partial charge in [0.1, 0.15) is 5.75 Å². The maximum atomic E-state index is 12.2. The molecule has 1 aliphatic heterocycles. The summed E-state index contributed by atoms with van der Waals surface area (Å²) in [6.45, 7) is 7.39. The summed E-state index contributed by atoms with van der Waals surface area (Å²) in [7, 11) is 0. The van der Waals surface area contributed by atoms with Crippen LogP contribution < -0.4 is 4.74 Å². The van der Waals surface area contributed by atoms with Crippen LogP contribution in [0.25, 0.3) is 0 Å². The molecule has 1 aliphatic rings. The van der Waals surface area contributed by atoms with Crippen molar-refractivity contribution < 1.29 is 9.53 Å². The second kappa shape index (κ2) is 5.83. The molecule has 0 bridgehead atoms. The first-order valence-corrected chi connectivity index (χ1v) is 7.09. The number of ether oxygens (including phenoxy) is 1. The Balaban J connectivity index is 2.06. The quantitative estimate of drug-likeness (QED) is 0.850. The fourth-order valence-corrected chi connectivity index (χ4v) is 2.53. The summed E-state index contributed by atoms with van der Waals surface area (Å²) in [5.41, 5.74) is 1.94. The predicted octanol–water partition coefficient (Wildman–Crippen LogP) is 3.35. The molecule has 0 spiro atoms. The van der Waals surface area contributed by atoms with Gasteiger partial charge in [-0.1, -0.05) is 11.6 Å². The van der Waals surface area contributed by atoms with E-state index in [2.05, 4.69) is 0 Å². The Hall–Kier alpha value is -1.22. The minimum absolute atomic E-state index is 0.0720. The van der Waals surface area contributed by atoms with Crippen LogP contribution in [0.3, 0.4) is 0 Å². The third-order valence-corrected chi connectivity index (χ3v) is 4.08. The molecule has 0 aromatic heterocycles. The molecule has 0 saturated carbocycles. The molecule has 0 aliphatic carbocycles. The van der Waals surface area contributed by atoms with Gasteiger partial charge < -0.3 is 9.64 Å². The maximum Gasteiger partial charge on any atom is 0.263 e. The van der Waals surface area contributed by atoms with Gasteiger partial charge in [0.25, 0.3) is 5.91 Å². The zero-order valence-corrected chi connectivity index (χ0v) is 12.5. The number of nitrogens with zero attached hydrogens (tertiary/aromatic N) is 1. The highest BCUT2D eigenvalue weighted by Gasteiger charge is 2.24. The minimum Gasteiger partial charge on any atom is -0.481 e. The lowest BCUT2D eigenvalue weighted by Crippen LogP contribution is -2.38. The van der Waals surface area contributed by atoms with E-state index in [1.54, 1.807) is 6.92 Å². The van der Waals surface area contributed by atoms with Gasteiger partial charge in [0, 0.05) is 18.1 Å². The van der Waals surface area contributed by atoms with Gasteiger partial charge >= 0.3 is 0 Å². The predicted molar refractivity (Wildman–Crippen MR) is 76.8 cm³/mol. The van der Waals surface area contributed by atoms with Crippen LogP contribution in [0.1, 0.15) is 30.9 Å². The SMILES string of the molecule is Cc1cc(O[C@@H](C)C(=O)N2CCCC2)cc(C)c1Cl. The van der Waals surface area contributed by atoms with E-state index in [0.717, 1.165) is 42.1 Å². The van der Waals surface area contributed by atoms with Crippen molar-refractivity contribution in [3.05, 3.63) is 28.3 Å². The van der Waals surface area contributed by atoms with Gasteiger partial charge in [-0.3, -0.25) is 4.79 Å². The van der Waals surface area contributed by atoms with Crippen LogP contribution in [0, 0.1) is 13.8 Å². The molecule has 0 radical (unpaired) electrons. The fourth-order valence-electron chi connectivity index (χ4n) is 2.42. The Labute approximate surface area is 119 Å². The molecule has 1 heterocycles. The van der Waals surface area contributed by atoms with Crippen LogP contribution in [0.4, 0.5) is 0 Å². The molecule has 1 saturated heterocycles. The van der Waals surface area contributed by atoms with Crippen molar-refractivity contribution in [2.75, 3.05) is 13.1 Å². The van der Waals surface area contributed by atoms with Crippen LogP contribution in [0.5, 0.6) is 5.75 Å². The van der Waals surface area contributed by atoms with Crippen LogP contribution >= 0.6 is 11.6 Å². The summed E-state index contributed by atoms with van der Waals surface area (Å²) < 4.78 is 5.76. The monoisotopic (exact) mass is 281 g/mol. The van der Waals surface area contributed by atoms with E-state index in [4.69, 9.17) is 16.3 Å². The van der Waals surface area contributed by atoms with E-state index >= 15 is 0 Å². The third kappa shape index (κ3) is 3.21. The van der Waals surface area contributed by atoms with Gasteiger partial charge in [-0.2, -0.15) is 0 Å². The van der Waals surface area contributed by atoms with E-state index in [1.165, 1.54) is 0 Å². The van der Waals surface area contributed by atoms with Gasteiger partial charge in [0.05, 0.1) is 0 Å². The molecule has 1 fully saturated rings. The molecule has 104 valence electrons. The van der Waals surface area contributed by atoms with Crippen molar-refractivity contribution in [1.29, 1.82) is 0 Å². The lowest BCUT2D eigenvalue weighted by molar-refractivity contribution is -0.136. The molecule has 19 heavy (non-hydrogen) atoms. The number of halogens is 1. The highest BCUT2D eigenvalue weighted by molar-refractivity contribution is 6.32. The Morgan fingerprint density at radius 2 is 1.79 bits per heavy atom. The average molecular weight is 282 g/mol. The molecule has 1 amide bonds. The molecule has 2 rings (SSSR count). The van der Waals surface area contributed by atoms with Gasteiger partial charge in [-0.05, 0) is 56.9 Å². The van der Waals surface area contributed by atoms with E-state index in [1.807, 2.05) is 30.9 Å². The molecule has 4 heteroatoms. The van der Waals surface area contributed by atoms with E-state index in [-0.39, 0.29) is 5.91 Å². The summed E-state index contributed by atoms with van der Waals surface area (Å²) >= 11 is 6.12. The zero-order chi connectivity index (χ0) is 14.0. The summed E-state index contributed by atoms with van der Waals surface area (Å²) in [6, 6.07) is 3.76. The highest BCUT2D eigenvalue weighted by Crippen LogP contribution is 2.26. The Morgan fingerprint density at radius 1 is 1.26 bits per heavy atom. The van der Waals surface area contributed by atoms with Crippen molar-refractivity contribution in [3.63, 3.8) is 0 Å². The number of carbonyl (C=O) groups excluding carboxylic acids is 1. The van der Waals surface area contributed by atoms with Crippen molar-refractivity contribution in [2.45, 2.75) is 39.7 Å². The third-order valence-electron chi connectivity index (χ3n) is 3.49. The summed E-state index contributed by atoms with van der Waals surface area (Å²) in [5.74, 6) is 0.780. The number of hydrogen-bond acceptors (Lipinski definition) is 2. The van der Waals surface area contributed by atoms with Crippen molar-refractivity contribution in [1.82, 2.24) is 4.90 Å². The highest BCUT2D eigenvalue weighted by atomic mass is 35.5. The van der Waals surface area contributed by atoms with Crippen LogP contribution in [-0.4, -0.2) is 30.0 Å². The number of carbonyl (C=O) groups is 1. The standard InChI is InChI=1S/C15H20ClNO2/c1-10-8-13(9-11(2)14(10)16)19-12(3)15(18)17-6-4-5-7-17/h8-9,12H,4-7H2,1-3H3/t12-/m0/s1. The molecule has 0 unspecified atom stereocenters. The summed E-state index contributed by atoms with van der Waals surface area (Å²) in [4.78, 5) is 14.0. The lowest BCUT2D eigenvalue weighted by Gasteiger charge is -2.21. The largest absolute Gasteiger partial charge is 0.481 e. The Kier molecular flexibility index (Phi) is 4.35. The second-order valence-electron chi connectivity index (χ2n) is 5.16. The average Bonchev–Trinajstić information content (AvgIpc) is 2.88. The van der Waals surface area contributed by atoms with Gasteiger partial charge in [0.2, 0.25) is 0 Å². The fraction of sp³-hybridized carbons (Fsp3) is 0.533. The van der Waals surface area contributed by atoms with Gasteiger partial charge in [-0.15, -0.1) is 0 Å². The zero-order valence-electron chi connectivity index (χ0n) is 11.7. The molecule has 1 atom stereocenters. The molecule has 0 N–H and O–H groups in total. The summed E-state index contributed by atoms with van der Waals surface area (Å²) in [5, 5.41) is 0.755. The minimum atomic E-state index is -0.446. The van der Waals surface area contributed by atoms with E-state index in [9.17, 15) is 4.79 Å². The van der Waals surface area contributed by atoms with Gasteiger partial charge in [0.15, 0.2) is 6.10 Å². The Morgan fingerprint density at radius 3 is 2.32 bits per heavy atom. The smallest absolute Gasteiger partial charge is 0.263 e. The van der Waals surface area contributed by atoms with Crippen molar-refractivity contribution >= 4 is 17.5 Å². The first kappa shape index (κ1) is 14.2. The maximum absolute atomic E-state index is 12.2. The van der Waals surface area contributed by atoms with E-state index in [0.29, 0.717) is 5.75 Å². The number of rotatable bonds is 3. The number of hydrogen-bond donors (Lipinski definition) is 0. The first-order chi connectivity index (χ1) is 8.99. The van der Waals surface area contributed by atoms with E-state index < -0.39 is 6.10 Å². The molecular weight excluding hydrogens is 262 g/mol. The van der Waals surface area contributed by atoms with Gasteiger partial charge in [-0.25, -0.2) is 0 Å². The van der Waals surface area contributed by atoms with Crippen molar-refractivity contribution in [3.8, 4) is 5.75 Å². The van der Waals surface area contributed by atoms with Crippen LogP contribution in [0.15, 0.2) is 12.1 Å². The molecular formula is C15H20ClNO2. The molecule has 1 aromatic rings. The van der Waals surface area contributed by atoms with Crippen LogP contribution in [-0.2, 0) is 4.79 Å². The number of benzene rings is 1. The lowest BCUT2D eigenvalue weighted by atomic mass is 10.1. The Bertz CT molecular complexity index is 458. The normalized spacial score (nSPS) is 16.5. The topological polar surface area (TPSA) is 29.5 Å². The first-order valence-electron chi connectivity index (χ1n) is 6.71. The number of aryl methyl sites for hydroxylation is 2. The van der Waals surface area contributed by atoms with Crippen LogP contribution in [0.2, 0.25) is 5.02 Å². The number of amides is 1. The molecule has 1 aromatic carbocycles. The van der Waals surface area contributed by atoms with Crippen molar-refractivity contribution in [2.24, 2.45) is 0 Å².